The number of carbonyl (C=O) groups excluding carboxylic acids is 1. The van der Waals surface area contributed by atoms with Gasteiger partial charge in [0.25, 0.3) is 5.91 Å². The standard InChI is InChI=1S/C20H28N4O/c1-4-24(5-2)20(25)16-11-9-15(10-12-16)13-21-18-7-6-8-19-17(18)14-22-23(19)3/h9-12,14,18,21H,4-8,13H2,1-3H3. The molecule has 1 aliphatic carbocycles. The van der Waals surface area contributed by atoms with E-state index >= 15 is 0 Å². The highest BCUT2D eigenvalue weighted by Crippen LogP contribution is 2.29. The van der Waals surface area contributed by atoms with E-state index in [-0.39, 0.29) is 5.91 Å². The third-order valence-electron chi connectivity index (χ3n) is 5.18. The minimum absolute atomic E-state index is 0.108. The second-order valence-electron chi connectivity index (χ2n) is 6.67. The quantitative estimate of drug-likeness (QED) is 0.879. The van der Waals surface area contributed by atoms with Crippen molar-refractivity contribution in [1.29, 1.82) is 0 Å². The first-order valence-electron chi connectivity index (χ1n) is 9.26. The second kappa shape index (κ2) is 7.83. The van der Waals surface area contributed by atoms with Crippen LogP contribution in [0.25, 0.3) is 0 Å². The molecule has 1 aromatic heterocycles. The van der Waals surface area contributed by atoms with Gasteiger partial charge in [0, 0.05) is 49.5 Å². The Morgan fingerprint density at radius 3 is 2.68 bits per heavy atom. The van der Waals surface area contributed by atoms with Crippen LogP contribution in [0.1, 0.15) is 59.9 Å². The van der Waals surface area contributed by atoms with Crippen LogP contribution in [0.5, 0.6) is 0 Å². The van der Waals surface area contributed by atoms with E-state index in [9.17, 15) is 4.79 Å². The Morgan fingerprint density at radius 1 is 1.28 bits per heavy atom. The van der Waals surface area contributed by atoms with Crippen LogP contribution >= 0.6 is 0 Å². The zero-order valence-electron chi connectivity index (χ0n) is 15.5. The molecular formula is C20H28N4O. The molecule has 134 valence electrons. The van der Waals surface area contributed by atoms with Crippen LogP contribution in [-0.2, 0) is 20.0 Å². The SMILES string of the molecule is CCN(CC)C(=O)c1ccc(CNC2CCCc3c2cnn3C)cc1. The third kappa shape index (κ3) is 3.76. The van der Waals surface area contributed by atoms with Crippen LogP contribution in [0.4, 0.5) is 0 Å². The average molecular weight is 340 g/mol. The van der Waals surface area contributed by atoms with Crippen LogP contribution in [0.3, 0.4) is 0 Å². The molecule has 25 heavy (non-hydrogen) atoms. The number of rotatable bonds is 6. The van der Waals surface area contributed by atoms with Crippen LogP contribution in [0.2, 0.25) is 0 Å². The molecule has 1 amide bonds. The van der Waals surface area contributed by atoms with Crippen LogP contribution in [0.15, 0.2) is 30.5 Å². The molecule has 1 heterocycles. The van der Waals surface area contributed by atoms with Crippen molar-refractivity contribution >= 4 is 5.91 Å². The van der Waals surface area contributed by atoms with Gasteiger partial charge in [0.15, 0.2) is 0 Å². The molecular weight excluding hydrogens is 312 g/mol. The van der Waals surface area contributed by atoms with Crippen LogP contribution in [-0.4, -0.2) is 33.7 Å². The number of hydrogen-bond acceptors (Lipinski definition) is 3. The summed E-state index contributed by atoms with van der Waals surface area (Å²) < 4.78 is 2.00. The number of aromatic nitrogens is 2. The Hall–Kier alpha value is -2.14. The summed E-state index contributed by atoms with van der Waals surface area (Å²) in [6, 6.07) is 8.35. The normalized spacial score (nSPS) is 16.5. The van der Waals surface area contributed by atoms with Crippen molar-refractivity contribution in [3.8, 4) is 0 Å². The minimum Gasteiger partial charge on any atom is -0.339 e. The van der Waals surface area contributed by atoms with E-state index in [1.807, 2.05) is 48.8 Å². The maximum absolute atomic E-state index is 12.4. The molecule has 0 aliphatic heterocycles. The lowest BCUT2D eigenvalue weighted by Gasteiger charge is -2.24. The minimum atomic E-state index is 0.108. The van der Waals surface area contributed by atoms with E-state index in [1.54, 1.807) is 0 Å². The molecule has 5 heteroatoms. The first-order chi connectivity index (χ1) is 12.1. The number of carbonyl (C=O) groups is 1. The van der Waals surface area contributed by atoms with Gasteiger partial charge in [-0.1, -0.05) is 12.1 Å². The first-order valence-corrected chi connectivity index (χ1v) is 9.26. The summed E-state index contributed by atoms with van der Waals surface area (Å²) in [6.45, 7) is 6.31. The smallest absolute Gasteiger partial charge is 0.253 e. The van der Waals surface area contributed by atoms with Crippen molar-refractivity contribution in [2.24, 2.45) is 7.05 Å². The lowest BCUT2D eigenvalue weighted by molar-refractivity contribution is 0.0773. The summed E-state index contributed by atoms with van der Waals surface area (Å²) in [4.78, 5) is 14.2. The van der Waals surface area contributed by atoms with Crippen molar-refractivity contribution in [1.82, 2.24) is 20.0 Å². The van der Waals surface area contributed by atoms with Crippen molar-refractivity contribution in [3.63, 3.8) is 0 Å². The highest BCUT2D eigenvalue weighted by molar-refractivity contribution is 5.94. The number of nitrogens with one attached hydrogen (secondary N) is 1. The molecule has 0 saturated heterocycles. The van der Waals surface area contributed by atoms with Crippen molar-refractivity contribution in [2.45, 2.75) is 45.7 Å². The fraction of sp³-hybridized carbons (Fsp3) is 0.500. The number of hydrogen-bond donors (Lipinski definition) is 1. The molecule has 0 radical (unpaired) electrons. The lowest BCUT2D eigenvalue weighted by Crippen LogP contribution is -2.30. The lowest BCUT2D eigenvalue weighted by atomic mass is 9.93. The Labute approximate surface area is 150 Å². The number of amides is 1. The van der Waals surface area contributed by atoms with E-state index in [2.05, 4.69) is 22.5 Å². The van der Waals surface area contributed by atoms with Gasteiger partial charge in [0.2, 0.25) is 0 Å². The van der Waals surface area contributed by atoms with E-state index in [0.717, 1.165) is 38.0 Å². The number of aryl methyl sites for hydroxylation is 1. The summed E-state index contributed by atoms with van der Waals surface area (Å²) >= 11 is 0. The molecule has 1 N–H and O–H groups in total. The van der Waals surface area contributed by atoms with Gasteiger partial charge < -0.3 is 10.2 Å². The predicted octanol–water partition coefficient (Wildman–Crippen LogP) is 3.07. The Kier molecular flexibility index (Phi) is 5.53. The van der Waals surface area contributed by atoms with Gasteiger partial charge in [-0.25, -0.2) is 0 Å². The van der Waals surface area contributed by atoms with Crippen molar-refractivity contribution in [2.75, 3.05) is 13.1 Å². The fourth-order valence-electron chi connectivity index (χ4n) is 3.62. The second-order valence-corrected chi connectivity index (χ2v) is 6.67. The molecule has 0 bridgehead atoms. The monoisotopic (exact) mass is 340 g/mol. The Balaban J connectivity index is 1.62. The molecule has 1 unspecified atom stereocenters. The summed E-state index contributed by atoms with van der Waals surface area (Å²) in [7, 11) is 2.02. The maximum atomic E-state index is 12.4. The van der Waals surface area contributed by atoms with Gasteiger partial charge in [-0.3, -0.25) is 9.48 Å². The molecule has 5 nitrogen and oxygen atoms in total. The molecule has 1 aliphatic rings. The Bertz CT molecular complexity index is 716. The van der Waals surface area contributed by atoms with Crippen molar-refractivity contribution in [3.05, 3.63) is 52.8 Å². The third-order valence-corrected chi connectivity index (χ3v) is 5.18. The first kappa shape index (κ1) is 17.7. The van der Waals surface area contributed by atoms with Gasteiger partial charge in [-0.2, -0.15) is 5.10 Å². The largest absolute Gasteiger partial charge is 0.339 e. The number of nitrogens with zero attached hydrogens (tertiary/aromatic N) is 3. The fourth-order valence-corrected chi connectivity index (χ4v) is 3.62. The number of benzene rings is 1. The predicted molar refractivity (Wildman–Crippen MR) is 99.4 cm³/mol. The molecule has 0 spiro atoms. The summed E-state index contributed by atoms with van der Waals surface area (Å²) in [5.41, 5.74) is 4.65. The van der Waals surface area contributed by atoms with Crippen LogP contribution < -0.4 is 5.32 Å². The van der Waals surface area contributed by atoms with Gasteiger partial charge in [-0.05, 0) is 50.8 Å². The summed E-state index contributed by atoms with van der Waals surface area (Å²) in [6.07, 6.45) is 5.46. The number of fused-ring (bicyclic) bond motifs is 1. The summed E-state index contributed by atoms with van der Waals surface area (Å²) in [5, 5.41) is 8.05. The zero-order chi connectivity index (χ0) is 17.8. The highest BCUT2D eigenvalue weighted by Gasteiger charge is 2.22. The maximum Gasteiger partial charge on any atom is 0.253 e. The molecule has 1 atom stereocenters. The van der Waals surface area contributed by atoms with E-state index in [0.29, 0.717) is 6.04 Å². The van der Waals surface area contributed by atoms with E-state index < -0.39 is 0 Å². The van der Waals surface area contributed by atoms with Crippen molar-refractivity contribution < 1.29 is 4.79 Å². The van der Waals surface area contributed by atoms with E-state index in [1.165, 1.54) is 23.2 Å². The van der Waals surface area contributed by atoms with Gasteiger partial charge in [0.1, 0.15) is 0 Å². The average Bonchev–Trinajstić information content (AvgIpc) is 3.03. The van der Waals surface area contributed by atoms with Crippen LogP contribution in [0, 0.1) is 0 Å². The topological polar surface area (TPSA) is 50.2 Å². The molecule has 0 fully saturated rings. The Morgan fingerprint density at radius 2 is 2.00 bits per heavy atom. The molecule has 3 rings (SSSR count). The summed E-state index contributed by atoms with van der Waals surface area (Å²) in [5.74, 6) is 0.108. The van der Waals surface area contributed by atoms with Gasteiger partial charge in [0.05, 0.1) is 6.20 Å². The zero-order valence-corrected chi connectivity index (χ0v) is 15.5. The molecule has 0 saturated carbocycles. The van der Waals surface area contributed by atoms with E-state index in [4.69, 9.17) is 0 Å². The molecule has 2 aromatic rings. The molecule has 1 aromatic carbocycles. The highest BCUT2D eigenvalue weighted by atomic mass is 16.2. The van der Waals surface area contributed by atoms with Gasteiger partial charge >= 0.3 is 0 Å². The van der Waals surface area contributed by atoms with Gasteiger partial charge in [-0.15, -0.1) is 0 Å².